The van der Waals surface area contributed by atoms with Crippen molar-refractivity contribution in [2.24, 2.45) is 0 Å². The van der Waals surface area contributed by atoms with Gasteiger partial charge < -0.3 is 5.11 Å². The normalized spacial score (nSPS) is 12.6. The average molecular weight is 244 g/mol. The van der Waals surface area contributed by atoms with Gasteiger partial charge >= 0.3 is 0 Å². The summed E-state index contributed by atoms with van der Waals surface area (Å²) in [5.74, 6) is 0. The molecule has 1 unspecified atom stereocenters. The Labute approximate surface area is 108 Å². The number of aryl methyl sites for hydroxylation is 2. The second-order valence-corrected chi connectivity index (χ2v) is 4.52. The number of aliphatic hydroxyl groups excluding tert-OH is 1. The summed E-state index contributed by atoms with van der Waals surface area (Å²) < 4.78 is 1.90. The van der Waals surface area contributed by atoms with E-state index in [0.29, 0.717) is 0 Å². The van der Waals surface area contributed by atoms with Gasteiger partial charge in [-0.1, -0.05) is 37.3 Å². The molecule has 0 spiro atoms. The Kier molecular flexibility index (Phi) is 4.53. The predicted octanol–water partition coefficient (Wildman–Crippen LogP) is 2.96. The Morgan fingerprint density at radius 1 is 1.22 bits per heavy atom. The fraction of sp³-hybridized carbons (Fsp3) is 0.400. The lowest BCUT2D eigenvalue weighted by Crippen LogP contribution is -2.09. The molecule has 0 fully saturated rings. The van der Waals surface area contributed by atoms with Crippen molar-refractivity contribution in [1.29, 1.82) is 0 Å². The molecule has 2 aromatic rings. The van der Waals surface area contributed by atoms with E-state index >= 15 is 0 Å². The third kappa shape index (κ3) is 3.20. The minimum absolute atomic E-state index is 0.431. The van der Waals surface area contributed by atoms with Crippen LogP contribution in [-0.4, -0.2) is 14.9 Å². The van der Waals surface area contributed by atoms with E-state index in [4.69, 9.17) is 0 Å². The maximum absolute atomic E-state index is 10.2. The molecule has 96 valence electrons. The molecule has 0 saturated carbocycles. The molecule has 0 aliphatic heterocycles. The molecule has 1 atom stereocenters. The zero-order valence-electron chi connectivity index (χ0n) is 10.8. The smallest absolute Gasteiger partial charge is 0.0959 e. The molecule has 1 aromatic heterocycles. The van der Waals surface area contributed by atoms with Gasteiger partial charge in [-0.25, -0.2) is 0 Å². The van der Waals surface area contributed by atoms with Gasteiger partial charge in [0.1, 0.15) is 0 Å². The van der Waals surface area contributed by atoms with E-state index in [1.807, 2.05) is 28.9 Å². The molecule has 18 heavy (non-hydrogen) atoms. The first kappa shape index (κ1) is 12.8. The SMILES string of the molecule is CCCn1nccc1C(O)CCc1ccccc1. The highest BCUT2D eigenvalue weighted by molar-refractivity contribution is 5.15. The lowest BCUT2D eigenvalue weighted by Gasteiger charge is -2.13. The fourth-order valence-corrected chi connectivity index (χ4v) is 2.12. The van der Waals surface area contributed by atoms with Gasteiger partial charge in [-0.3, -0.25) is 4.68 Å². The highest BCUT2D eigenvalue weighted by atomic mass is 16.3. The van der Waals surface area contributed by atoms with Crippen molar-refractivity contribution >= 4 is 0 Å². The molecule has 0 aliphatic rings. The molecule has 0 radical (unpaired) electrons. The summed E-state index contributed by atoms with van der Waals surface area (Å²) in [6.07, 6.45) is 3.98. The summed E-state index contributed by atoms with van der Waals surface area (Å²) in [7, 11) is 0. The highest BCUT2D eigenvalue weighted by Gasteiger charge is 2.12. The number of hydrogen-bond donors (Lipinski definition) is 1. The summed E-state index contributed by atoms with van der Waals surface area (Å²) in [4.78, 5) is 0. The van der Waals surface area contributed by atoms with Gasteiger partial charge in [0.25, 0.3) is 0 Å². The molecule has 0 aliphatic carbocycles. The predicted molar refractivity (Wildman–Crippen MR) is 72.2 cm³/mol. The van der Waals surface area contributed by atoms with E-state index in [9.17, 15) is 5.11 Å². The fourth-order valence-electron chi connectivity index (χ4n) is 2.12. The standard InChI is InChI=1S/C15H20N2O/c1-2-12-17-14(10-11-16-17)15(18)9-8-13-6-4-3-5-7-13/h3-7,10-11,15,18H,2,8-9,12H2,1H3. The summed E-state index contributed by atoms with van der Waals surface area (Å²) in [6, 6.07) is 12.2. The first-order valence-corrected chi connectivity index (χ1v) is 6.55. The van der Waals surface area contributed by atoms with Crippen molar-refractivity contribution < 1.29 is 5.11 Å². The number of hydrogen-bond acceptors (Lipinski definition) is 2. The maximum Gasteiger partial charge on any atom is 0.0959 e. The minimum atomic E-state index is -0.431. The summed E-state index contributed by atoms with van der Waals surface area (Å²) >= 11 is 0. The number of aliphatic hydroxyl groups is 1. The van der Waals surface area contributed by atoms with E-state index in [1.165, 1.54) is 5.56 Å². The molecule has 1 heterocycles. The summed E-state index contributed by atoms with van der Waals surface area (Å²) in [5.41, 5.74) is 2.19. The highest BCUT2D eigenvalue weighted by Crippen LogP contribution is 2.19. The minimum Gasteiger partial charge on any atom is -0.387 e. The Hall–Kier alpha value is -1.61. The van der Waals surface area contributed by atoms with Gasteiger partial charge in [0.05, 0.1) is 11.8 Å². The number of rotatable bonds is 6. The van der Waals surface area contributed by atoms with Gasteiger partial charge in [0.2, 0.25) is 0 Å². The molecular formula is C15H20N2O. The van der Waals surface area contributed by atoms with E-state index in [-0.39, 0.29) is 0 Å². The van der Waals surface area contributed by atoms with Crippen molar-refractivity contribution in [1.82, 2.24) is 9.78 Å². The van der Waals surface area contributed by atoms with E-state index < -0.39 is 6.10 Å². The van der Waals surface area contributed by atoms with Crippen LogP contribution in [0.2, 0.25) is 0 Å². The molecular weight excluding hydrogens is 224 g/mol. The average Bonchev–Trinajstić information content (AvgIpc) is 2.86. The molecule has 3 nitrogen and oxygen atoms in total. The number of aromatic nitrogens is 2. The zero-order valence-corrected chi connectivity index (χ0v) is 10.8. The molecule has 3 heteroatoms. The van der Waals surface area contributed by atoms with Crippen LogP contribution in [-0.2, 0) is 13.0 Å². The van der Waals surface area contributed by atoms with Gasteiger partial charge in [0, 0.05) is 12.7 Å². The quantitative estimate of drug-likeness (QED) is 0.848. The first-order valence-electron chi connectivity index (χ1n) is 6.55. The lowest BCUT2D eigenvalue weighted by atomic mass is 10.1. The second kappa shape index (κ2) is 6.36. The Morgan fingerprint density at radius 3 is 2.72 bits per heavy atom. The van der Waals surface area contributed by atoms with E-state index in [2.05, 4.69) is 24.2 Å². The Balaban J connectivity index is 1.95. The van der Waals surface area contributed by atoms with Crippen LogP contribution >= 0.6 is 0 Å². The molecule has 2 rings (SSSR count). The molecule has 0 amide bonds. The Morgan fingerprint density at radius 2 is 2.00 bits per heavy atom. The van der Waals surface area contributed by atoms with Crippen molar-refractivity contribution in [2.75, 3.05) is 0 Å². The van der Waals surface area contributed by atoms with Gasteiger partial charge in [-0.2, -0.15) is 5.10 Å². The van der Waals surface area contributed by atoms with Crippen LogP contribution in [0, 0.1) is 0 Å². The largest absolute Gasteiger partial charge is 0.387 e. The first-order chi connectivity index (χ1) is 8.81. The third-order valence-electron chi connectivity index (χ3n) is 3.08. The van der Waals surface area contributed by atoms with Crippen LogP contribution in [0.1, 0.15) is 37.1 Å². The van der Waals surface area contributed by atoms with E-state index in [1.54, 1.807) is 6.20 Å². The third-order valence-corrected chi connectivity index (χ3v) is 3.08. The second-order valence-electron chi connectivity index (χ2n) is 4.52. The van der Waals surface area contributed by atoms with Crippen molar-refractivity contribution in [3.8, 4) is 0 Å². The lowest BCUT2D eigenvalue weighted by molar-refractivity contribution is 0.156. The Bertz CT molecular complexity index is 464. The van der Waals surface area contributed by atoms with Crippen LogP contribution < -0.4 is 0 Å². The van der Waals surface area contributed by atoms with Crippen molar-refractivity contribution in [3.05, 3.63) is 53.9 Å². The zero-order chi connectivity index (χ0) is 12.8. The van der Waals surface area contributed by atoms with Crippen molar-refractivity contribution in [2.45, 2.75) is 38.8 Å². The van der Waals surface area contributed by atoms with Crippen LogP contribution in [0.15, 0.2) is 42.6 Å². The van der Waals surface area contributed by atoms with Gasteiger partial charge in [-0.15, -0.1) is 0 Å². The summed E-state index contributed by atoms with van der Waals surface area (Å²) in [5, 5.41) is 14.5. The molecule has 1 N–H and O–H groups in total. The van der Waals surface area contributed by atoms with Gasteiger partial charge in [0.15, 0.2) is 0 Å². The van der Waals surface area contributed by atoms with Gasteiger partial charge in [-0.05, 0) is 30.9 Å². The molecule has 0 saturated heterocycles. The van der Waals surface area contributed by atoms with Crippen LogP contribution in [0.5, 0.6) is 0 Å². The van der Waals surface area contributed by atoms with Crippen LogP contribution in [0.25, 0.3) is 0 Å². The molecule has 0 bridgehead atoms. The van der Waals surface area contributed by atoms with E-state index in [0.717, 1.165) is 31.5 Å². The van der Waals surface area contributed by atoms with Crippen LogP contribution in [0.4, 0.5) is 0 Å². The number of nitrogens with zero attached hydrogens (tertiary/aromatic N) is 2. The van der Waals surface area contributed by atoms with Crippen LogP contribution in [0.3, 0.4) is 0 Å². The van der Waals surface area contributed by atoms with Crippen molar-refractivity contribution in [3.63, 3.8) is 0 Å². The topological polar surface area (TPSA) is 38.0 Å². The molecule has 1 aromatic carbocycles. The number of benzene rings is 1. The summed E-state index contributed by atoms with van der Waals surface area (Å²) in [6.45, 7) is 2.98. The maximum atomic E-state index is 10.2. The monoisotopic (exact) mass is 244 g/mol.